The normalized spacial score (nSPS) is 10.7. The van der Waals surface area contributed by atoms with E-state index in [4.69, 9.17) is 9.72 Å². The molecule has 0 aromatic carbocycles. The summed E-state index contributed by atoms with van der Waals surface area (Å²) >= 11 is 0. The Morgan fingerprint density at radius 3 is 2.48 bits per heavy atom. The first-order valence-corrected chi connectivity index (χ1v) is 8.11. The molecule has 1 N–H and O–H groups in total. The maximum atomic E-state index is 5.48. The summed E-state index contributed by atoms with van der Waals surface area (Å²) in [6.45, 7) is 14.6. The predicted octanol–water partition coefficient (Wildman–Crippen LogP) is 3.03. The van der Waals surface area contributed by atoms with Gasteiger partial charge in [-0.15, -0.1) is 0 Å². The fourth-order valence-corrected chi connectivity index (χ4v) is 2.27. The summed E-state index contributed by atoms with van der Waals surface area (Å²) in [5.74, 6) is 2.91. The Kier molecular flexibility index (Phi) is 8.05. The van der Waals surface area contributed by atoms with Gasteiger partial charge in [0.05, 0.1) is 6.61 Å². The van der Waals surface area contributed by atoms with Crippen molar-refractivity contribution in [3.8, 4) is 0 Å². The van der Waals surface area contributed by atoms with Crippen molar-refractivity contribution in [3.05, 3.63) is 11.4 Å². The smallest absolute Gasteiger partial charge is 0.137 e. The molecular weight excluding hydrogens is 264 g/mol. The lowest BCUT2D eigenvalue weighted by Gasteiger charge is -2.25. The molecule has 0 unspecified atom stereocenters. The fourth-order valence-electron chi connectivity index (χ4n) is 2.27. The van der Waals surface area contributed by atoms with Gasteiger partial charge in [-0.05, 0) is 34.1 Å². The number of nitrogens with zero attached hydrogens (tertiary/aromatic N) is 3. The van der Waals surface area contributed by atoms with Crippen LogP contribution in [0.1, 0.15) is 45.5 Å². The number of aromatic nitrogens is 2. The Hall–Kier alpha value is -1.36. The number of nitrogens with one attached hydrogen (secondary N) is 1. The summed E-state index contributed by atoms with van der Waals surface area (Å²) in [6, 6.07) is 0. The molecule has 0 aliphatic carbocycles. The molecular formula is C16H30N4O. The van der Waals surface area contributed by atoms with Crippen LogP contribution in [0.5, 0.6) is 0 Å². The molecule has 1 aromatic heterocycles. The number of hydrogen-bond donors (Lipinski definition) is 1. The summed E-state index contributed by atoms with van der Waals surface area (Å²) in [6.07, 6.45) is 1.97. The van der Waals surface area contributed by atoms with Crippen molar-refractivity contribution < 1.29 is 4.74 Å². The lowest BCUT2D eigenvalue weighted by molar-refractivity contribution is 0.154. The summed E-state index contributed by atoms with van der Waals surface area (Å²) in [5.41, 5.74) is 1.12. The third-order valence-corrected chi connectivity index (χ3v) is 3.38. The Morgan fingerprint density at radius 1 is 1.14 bits per heavy atom. The van der Waals surface area contributed by atoms with Crippen LogP contribution in [-0.4, -0.2) is 42.8 Å². The highest BCUT2D eigenvalue weighted by atomic mass is 16.5. The van der Waals surface area contributed by atoms with Crippen LogP contribution in [0.15, 0.2) is 0 Å². The van der Waals surface area contributed by atoms with Crippen molar-refractivity contribution in [2.45, 2.75) is 47.5 Å². The van der Waals surface area contributed by atoms with Gasteiger partial charge in [0.2, 0.25) is 0 Å². The SMILES string of the molecule is CCCc1nc(NCC)c(C)c(N(CC)CCOCC)n1. The molecule has 0 radical (unpaired) electrons. The number of hydrogen-bond acceptors (Lipinski definition) is 5. The first kappa shape index (κ1) is 17.7. The Labute approximate surface area is 129 Å². The van der Waals surface area contributed by atoms with E-state index in [0.717, 1.165) is 68.7 Å². The van der Waals surface area contributed by atoms with Gasteiger partial charge in [0.1, 0.15) is 17.5 Å². The van der Waals surface area contributed by atoms with Crippen LogP contribution in [0, 0.1) is 6.92 Å². The molecule has 21 heavy (non-hydrogen) atoms. The van der Waals surface area contributed by atoms with Gasteiger partial charge in [0.15, 0.2) is 0 Å². The number of likely N-dealkylation sites (N-methyl/N-ethyl adjacent to an activating group) is 1. The third kappa shape index (κ3) is 5.16. The molecule has 0 atom stereocenters. The van der Waals surface area contributed by atoms with Crippen molar-refractivity contribution in [3.63, 3.8) is 0 Å². The standard InChI is InChI=1S/C16H30N4O/c1-6-10-14-18-15(17-7-2)13(5)16(19-14)20(8-3)11-12-21-9-4/h6-12H2,1-5H3,(H,17,18,19). The fraction of sp³-hybridized carbons (Fsp3) is 0.750. The van der Waals surface area contributed by atoms with Gasteiger partial charge in [-0.3, -0.25) is 0 Å². The van der Waals surface area contributed by atoms with Crippen molar-refractivity contribution >= 4 is 11.6 Å². The predicted molar refractivity (Wildman–Crippen MR) is 89.3 cm³/mol. The molecule has 5 nitrogen and oxygen atoms in total. The highest BCUT2D eigenvalue weighted by Crippen LogP contribution is 2.24. The largest absolute Gasteiger partial charge is 0.380 e. The molecule has 0 aliphatic heterocycles. The highest BCUT2D eigenvalue weighted by Gasteiger charge is 2.15. The molecule has 0 aliphatic rings. The topological polar surface area (TPSA) is 50.3 Å². The van der Waals surface area contributed by atoms with Crippen LogP contribution in [-0.2, 0) is 11.2 Å². The molecule has 0 bridgehead atoms. The summed E-state index contributed by atoms with van der Waals surface area (Å²) in [5, 5.41) is 3.35. The maximum Gasteiger partial charge on any atom is 0.137 e. The number of ether oxygens (including phenoxy) is 1. The van der Waals surface area contributed by atoms with E-state index in [0.29, 0.717) is 0 Å². The van der Waals surface area contributed by atoms with E-state index in [1.54, 1.807) is 0 Å². The molecule has 1 aromatic rings. The number of rotatable bonds is 10. The number of aryl methyl sites for hydroxylation is 1. The zero-order valence-electron chi connectivity index (χ0n) is 14.2. The summed E-state index contributed by atoms with van der Waals surface area (Å²) in [4.78, 5) is 11.7. The first-order valence-electron chi connectivity index (χ1n) is 8.11. The molecule has 120 valence electrons. The van der Waals surface area contributed by atoms with Crippen LogP contribution in [0.3, 0.4) is 0 Å². The molecule has 5 heteroatoms. The zero-order valence-corrected chi connectivity index (χ0v) is 14.2. The lowest BCUT2D eigenvalue weighted by atomic mass is 10.2. The molecule has 1 heterocycles. The second kappa shape index (κ2) is 9.55. The molecule has 0 fully saturated rings. The minimum absolute atomic E-state index is 0.730. The Balaban J connectivity index is 3.05. The van der Waals surface area contributed by atoms with E-state index >= 15 is 0 Å². The monoisotopic (exact) mass is 294 g/mol. The quantitative estimate of drug-likeness (QED) is 0.672. The molecule has 0 saturated heterocycles. The minimum Gasteiger partial charge on any atom is -0.380 e. The van der Waals surface area contributed by atoms with Crippen molar-refractivity contribution in [2.24, 2.45) is 0 Å². The lowest BCUT2D eigenvalue weighted by Crippen LogP contribution is -2.29. The van der Waals surface area contributed by atoms with Gasteiger partial charge < -0.3 is 15.0 Å². The Bertz CT molecular complexity index is 423. The van der Waals surface area contributed by atoms with Gasteiger partial charge in [0.25, 0.3) is 0 Å². The van der Waals surface area contributed by atoms with Gasteiger partial charge in [-0.1, -0.05) is 6.92 Å². The average Bonchev–Trinajstić information content (AvgIpc) is 2.48. The Morgan fingerprint density at radius 2 is 1.90 bits per heavy atom. The van der Waals surface area contributed by atoms with Gasteiger partial charge >= 0.3 is 0 Å². The van der Waals surface area contributed by atoms with E-state index in [1.165, 1.54) is 0 Å². The first-order chi connectivity index (χ1) is 10.2. The highest BCUT2D eigenvalue weighted by molar-refractivity contribution is 5.58. The molecule has 0 saturated carbocycles. The summed E-state index contributed by atoms with van der Waals surface area (Å²) < 4.78 is 5.48. The van der Waals surface area contributed by atoms with Crippen LogP contribution in [0.2, 0.25) is 0 Å². The second-order valence-electron chi connectivity index (χ2n) is 4.99. The van der Waals surface area contributed by atoms with Crippen LogP contribution >= 0.6 is 0 Å². The average molecular weight is 294 g/mol. The van der Waals surface area contributed by atoms with Crippen LogP contribution in [0.4, 0.5) is 11.6 Å². The second-order valence-corrected chi connectivity index (χ2v) is 4.99. The summed E-state index contributed by atoms with van der Waals surface area (Å²) in [7, 11) is 0. The molecule has 0 spiro atoms. The van der Waals surface area contributed by atoms with E-state index in [2.05, 4.69) is 42.9 Å². The zero-order chi connectivity index (χ0) is 15.7. The maximum absolute atomic E-state index is 5.48. The van der Waals surface area contributed by atoms with Crippen molar-refractivity contribution in [1.29, 1.82) is 0 Å². The van der Waals surface area contributed by atoms with E-state index in [-0.39, 0.29) is 0 Å². The number of anilines is 2. The van der Waals surface area contributed by atoms with Crippen molar-refractivity contribution in [1.82, 2.24) is 9.97 Å². The molecule has 0 amide bonds. The van der Waals surface area contributed by atoms with E-state index < -0.39 is 0 Å². The van der Waals surface area contributed by atoms with Gasteiger partial charge in [-0.2, -0.15) is 0 Å². The third-order valence-electron chi connectivity index (χ3n) is 3.38. The van der Waals surface area contributed by atoms with E-state index in [1.807, 2.05) is 6.92 Å². The van der Waals surface area contributed by atoms with Crippen LogP contribution < -0.4 is 10.2 Å². The minimum atomic E-state index is 0.730. The van der Waals surface area contributed by atoms with Crippen molar-refractivity contribution in [2.75, 3.05) is 43.1 Å². The van der Waals surface area contributed by atoms with Gasteiger partial charge in [0, 0.05) is 38.2 Å². The van der Waals surface area contributed by atoms with Gasteiger partial charge in [-0.25, -0.2) is 9.97 Å². The van der Waals surface area contributed by atoms with E-state index in [9.17, 15) is 0 Å². The molecule has 1 rings (SSSR count). The van der Waals surface area contributed by atoms with Crippen LogP contribution in [0.25, 0.3) is 0 Å².